The maximum absolute atomic E-state index is 12.0. The van der Waals surface area contributed by atoms with Gasteiger partial charge in [-0.15, -0.1) is 24.8 Å². The first-order chi connectivity index (χ1) is 11.7. The largest absolute Gasteiger partial charge is 0.354 e. The van der Waals surface area contributed by atoms with Gasteiger partial charge >= 0.3 is 0 Å². The smallest absolute Gasteiger partial charge is 0.225 e. The summed E-state index contributed by atoms with van der Waals surface area (Å²) in [6, 6.07) is 13.1. The molecule has 8 heteroatoms. The topological polar surface area (TPSA) is 48.5 Å². The van der Waals surface area contributed by atoms with Crippen molar-refractivity contribution in [1.29, 1.82) is 0 Å². The molecule has 26 heavy (non-hydrogen) atoms. The van der Waals surface area contributed by atoms with Crippen LogP contribution in [0.25, 0.3) is 0 Å². The average Bonchev–Trinajstić information content (AvgIpc) is 2.63. The highest BCUT2D eigenvalue weighted by Gasteiger charge is 2.18. The van der Waals surface area contributed by atoms with Gasteiger partial charge in [0, 0.05) is 56.1 Å². The number of anilines is 2. The fraction of sp³-hybridized carbons (Fsp3) is 0.333. The SMILES string of the molecule is Cl.Cl.O=C(CCN1CCN(c2ccccn2)CC1)Nc1ccc(Cl)cc1. The number of hydrogen-bond acceptors (Lipinski definition) is 4. The van der Waals surface area contributed by atoms with Crippen molar-refractivity contribution in [3.63, 3.8) is 0 Å². The molecule has 2 aromatic rings. The summed E-state index contributed by atoms with van der Waals surface area (Å²) in [4.78, 5) is 21.0. The van der Waals surface area contributed by atoms with E-state index in [0.717, 1.165) is 44.2 Å². The molecule has 0 aliphatic carbocycles. The molecule has 5 nitrogen and oxygen atoms in total. The van der Waals surface area contributed by atoms with Crippen LogP contribution in [0.2, 0.25) is 5.02 Å². The maximum atomic E-state index is 12.0. The summed E-state index contributed by atoms with van der Waals surface area (Å²) in [5, 5.41) is 3.56. The molecule has 142 valence electrons. The van der Waals surface area contributed by atoms with Gasteiger partial charge in [0.15, 0.2) is 0 Å². The summed E-state index contributed by atoms with van der Waals surface area (Å²) in [7, 11) is 0. The molecule has 1 amide bonds. The molecule has 2 heterocycles. The number of rotatable bonds is 5. The second kappa shape index (κ2) is 11.2. The molecule has 1 aromatic carbocycles. The van der Waals surface area contributed by atoms with Crippen molar-refractivity contribution in [3.05, 3.63) is 53.7 Å². The Balaban J connectivity index is 0.00000169. The standard InChI is InChI=1S/C18H21ClN4O.2ClH/c19-15-4-6-16(7-5-15)21-18(24)8-10-22-11-13-23(14-12-22)17-3-1-2-9-20-17;;/h1-7,9H,8,10-14H2,(H,21,24);2*1H. The second-order valence-corrected chi connectivity index (χ2v) is 6.26. The number of hydrogen-bond donors (Lipinski definition) is 1. The van der Waals surface area contributed by atoms with Crippen LogP contribution < -0.4 is 10.2 Å². The predicted octanol–water partition coefficient (Wildman–Crippen LogP) is 3.73. The molecule has 0 spiro atoms. The number of carbonyl (C=O) groups excluding carboxylic acids is 1. The first-order valence-corrected chi connectivity index (χ1v) is 8.52. The third-order valence-corrected chi connectivity index (χ3v) is 4.38. The normalized spacial score (nSPS) is 14.1. The highest BCUT2D eigenvalue weighted by Crippen LogP contribution is 2.14. The van der Waals surface area contributed by atoms with Crippen LogP contribution in [-0.4, -0.2) is 48.5 Å². The lowest BCUT2D eigenvalue weighted by Crippen LogP contribution is -2.47. The molecule has 0 saturated carbocycles. The van der Waals surface area contributed by atoms with Crippen LogP contribution in [0.1, 0.15) is 6.42 Å². The fourth-order valence-electron chi connectivity index (χ4n) is 2.76. The Kier molecular flexibility index (Phi) is 9.73. The number of piperazine rings is 1. The number of benzene rings is 1. The van der Waals surface area contributed by atoms with Crippen molar-refractivity contribution in [3.8, 4) is 0 Å². The number of nitrogens with one attached hydrogen (secondary N) is 1. The minimum Gasteiger partial charge on any atom is -0.354 e. The zero-order valence-corrected chi connectivity index (χ0v) is 16.7. The van der Waals surface area contributed by atoms with E-state index in [2.05, 4.69) is 20.1 Å². The van der Waals surface area contributed by atoms with Gasteiger partial charge in [-0.05, 0) is 36.4 Å². The van der Waals surface area contributed by atoms with Gasteiger partial charge in [0.25, 0.3) is 0 Å². The van der Waals surface area contributed by atoms with Gasteiger partial charge in [0.2, 0.25) is 5.91 Å². The number of amides is 1. The van der Waals surface area contributed by atoms with Crippen LogP contribution in [0.5, 0.6) is 0 Å². The molecule has 0 atom stereocenters. The van der Waals surface area contributed by atoms with Gasteiger partial charge in [-0.2, -0.15) is 0 Å². The van der Waals surface area contributed by atoms with Gasteiger partial charge < -0.3 is 10.2 Å². The van der Waals surface area contributed by atoms with E-state index in [9.17, 15) is 4.79 Å². The fourth-order valence-corrected chi connectivity index (χ4v) is 2.88. The number of aromatic nitrogens is 1. The summed E-state index contributed by atoms with van der Waals surface area (Å²) in [5.41, 5.74) is 0.782. The van der Waals surface area contributed by atoms with Gasteiger partial charge in [0.1, 0.15) is 5.82 Å². The van der Waals surface area contributed by atoms with Crippen molar-refractivity contribution >= 4 is 53.8 Å². The summed E-state index contributed by atoms with van der Waals surface area (Å²) < 4.78 is 0. The van der Waals surface area contributed by atoms with E-state index in [1.807, 2.05) is 36.5 Å². The van der Waals surface area contributed by atoms with Gasteiger partial charge in [-0.3, -0.25) is 9.69 Å². The molecule has 1 aliphatic heterocycles. The van der Waals surface area contributed by atoms with Crippen molar-refractivity contribution in [1.82, 2.24) is 9.88 Å². The summed E-state index contributed by atoms with van der Waals surface area (Å²) in [6.07, 6.45) is 2.31. The number of carbonyl (C=O) groups is 1. The lowest BCUT2D eigenvalue weighted by molar-refractivity contribution is -0.116. The predicted molar refractivity (Wildman–Crippen MR) is 112 cm³/mol. The molecule has 0 radical (unpaired) electrons. The molecule has 0 bridgehead atoms. The van der Waals surface area contributed by atoms with Crippen LogP contribution >= 0.6 is 36.4 Å². The van der Waals surface area contributed by atoms with Crippen LogP contribution in [0.4, 0.5) is 11.5 Å². The van der Waals surface area contributed by atoms with Crippen LogP contribution in [0.3, 0.4) is 0 Å². The van der Waals surface area contributed by atoms with Gasteiger partial charge in [0.05, 0.1) is 0 Å². The van der Waals surface area contributed by atoms with E-state index in [0.29, 0.717) is 11.4 Å². The number of pyridine rings is 1. The summed E-state index contributed by atoms with van der Waals surface area (Å²) in [6.45, 7) is 4.55. The van der Waals surface area contributed by atoms with E-state index in [-0.39, 0.29) is 30.7 Å². The van der Waals surface area contributed by atoms with Gasteiger partial charge in [-0.1, -0.05) is 17.7 Å². The Bertz CT molecular complexity index is 662. The number of nitrogens with zero attached hydrogens (tertiary/aromatic N) is 3. The molecule has 1 saturated heterocycles. The Labute approximate surface area is 171 Å². The Morgan fingerprint density at radius 3 is 2.35 bits per heavy atom. The average molecular weight is 418 g/mol. The lowest BCUT2D eigenvalue weighted by Gasteiger charge is -2.35. The summed E-state index contributed by atoms with van der Waals surface area (Å²) >= 11 is 5.84. The van der Waals surface area contributed by atoms with Crippen LogP contribution in [0.15, 0.2) is 48.7 Å². The van der Waals surface area contributed by atoms with Crippen molar-refractivity contribution in [2.24, 2.45) is 0 Å². The third-order valence-electron chi connectivity index (χ3n) is 4.13. The van der Waals surface area contributed by atoms with E-state index >= 15 is 0 Å². The zero-order chi connectivity index (χ0) is 16.8. The highest BCUT2D eigenvalue weighted by atomic mass is 35.5. The minimum absolute atomic E-state index is 0. The van der Waals surface area contributed by atoms with E-state index < -0.39 is 0 Å². The molecule has 1 aromatic heterocycles. The molecule has 3 rings (SSSR count). The summed E-state index contributed by atoms with van der Waals surface area (Å²) in [5.74, 6) is 1.06. The van der Waals surface area contributed by atoms with E-state index in [4.69, 9.17) is 11.6 Å². The van der Waals surface area contributed by atoms with Crippen molar-refractivity contribution in [2.75, 3.05) is 42.9 Å². The molecular formula is C18H23Cl3N4O. The first kappa shape index (κ1) is 22.5. The highest BCUT2D eigenvalue weighted by molar-refractivity contribution is 6.30. The zero-order valence-electron chi connectivity index (χ0n) is 14.3. The molecule has 0 unspecified atom stereocenters. The minimum atomic E-state index is 0. The van der Waals surface area contributed by atoms with E-state index in [1.54, 1.807) is 12.1 Å². The monoisotopic (exact) mass is 416 g/mol. The second-order valence-electron chi connectivity index (χ2n) is 5.82. The van der Waals surface area contributed by atoms with Gasteiger partial charge in [-0.25, -0.2) is 4.98 Å². The Morgan fingerprint density at radius 2 is 1.73 bits per heavy atom. The lowest BCUT2D eigenvalue weighted by atomic mass is 10.2. The Morgan fingerprint density at radius 1 is 1.04 bits per heavy atom. The Hall–Kier alpha value is -1.53. The third kappa shape index (κ3) is 6.65. The number of halogens is 3. The quantitative estimate of drug-likeness (QED) is 0.805. The van der Waals surface area contributed by atoms with Crippen LogP contribution in [-0.2, 0) is 4.79 Å². The molecule has 1 fully saturated rings. The molecule has 1 N–H and O–H groups in total. The van der Waals surface area contributed by atoms with Crippen LogP contribution in [0, 0.1) is 0 Å². The molecular weight excluding hydrogens is 395 g/mol. The van der Waals surface area contributed by atoms with Crippen molar-refractivity contribution < 1.29 is 4.79 Å². The molecule has 1 aliphatic rings. The first-order valence-electron chi connectivity index (χ1n) is 8.14. The van der Waals surface area contributed by atoms with E-state index in [1.165, 1.54) is 0 Å². The van der Waals surface area contributed by atoms with Crippen molar-refractivity contribution in [2.45, 2.75) is 6.42 Å². The maximum Gasteiger partial charge on any atom is 0.225 e.